The highest BCUT2D eigenvalue weighted by Crippen LogP contribution is 2.65. The zero-order valence-corrected chi connectivity index (χ0v) is 12.2. The van der Waals surface area contributed by atoms with Crippen LogP contribution in [0.5, 0.6) is 0 Å². The highest BCUT2D eigenvalue weighted by molar-refractivity contribution is 5.40. The standard InChI is InChI=1S/C16H26O/c1-13(2)7-8-14(3,4)12-10-16(6)15(5,17-16)9-11(12)13/h7-10H2,1-6H3. The lowest BCUT2D eigenvalue weighted by Gasteiger charge is -2.47. The largest absolute Gasteiger partial charge is 0.362 e. The molecule has 1 aliphatic heterocycles. The van der Waals surface area contributed by atoms with Gasteiger partial charge in [0.1, 0.15) is 0 Å². The summed E-state index contributed by atoms with van der Waals surface area (Å²) >= 11 is 0. The van der Waals surface area contributed by atoms with Gasteiger partial charge in [-0.2, -0.15) is 0 Å². The van der Waals surface area contributed by atoms with Crippen molar-refractivity contribution >= 4 is 0 Å². The minimum absolute atomic E-state index is 0.135. The highest BCUT2D eigenvalue weighted by Gasteiger charge is 2.67. The maximum absolute atomic E-state index is 6.09. The molecular weight excluding hydrogens is 208 g/mol. The van der Waals surface area contributed by atoms with Crippen LogP contribution in [0, 0.1) is 10.8 Å². The summed E-state index contributed by atoms with van der Waals surface area (Å²) in [6.07, 6.45) is 4.97. The minimum Gasteiger partial charge on any atom is -0.362 e. The fraction of sp³-hybridized carbons (Fsp3) is 0.875. The maximum Gasteiger partial charge on any atom is 0.0989 e. The highest BCUT2D eigenvalue weighted by atomic mass is 16.6. The number of hydrogen-bond acceptors (Lipinski definition) is 1. The SMILES string of the molecule is CC1(C)CCC(C)(C)C2=C1CC1(C)OC1(C)C2. The van der Waals surface area contributed by atoms with Gasteiger partial charge in [0, 0.05) is 12.8 Å². The summed E-state index contributed by atoms with van der Waals surface area (Å²) in [5, 5.41) is 0. The third-order valence-electron chi connectivity index (χ3n) is 5.93. The molecule has 0 aromatic carbocycles. The molecule has 2 unspecified atom stereocenters. The van der Waals surface area contributed by atoms with E-state index in [2.05, 4.69) is 41.5 Å². The Hall–Kier alpha value is -0.300. The Balaban J connectivity index is 2.09. The first kappa shape index (κ1) is 11.8. The van der Waals surface area contributed by atoms with Crippen molar-refractivity contribution in [3.8, 4) is 0 Å². The Morgan fingerprint density at radius 1 is 0.706 bits per heavy atom. The van der Waals surface area contributed by atoms with Gasteiger partial charge in [0.15, 0.2) is 0 Å². The molecule has 0 saturated carbocycles. The molecule has 0 radical (unpaired) electrons. The summed E-state index contributed by atoms with van der Waals surface area (Å²) < 4.78 is 6.09. The van der Waals surface area contributed by atoms with E-state index in [-0.39, 0.29) is 11.2 Å². The van der Waals surface area contributed by atoms with Crippen molar-refractivity contribution in [2.24, 2.45) is 10.8 Å². The van der Waals surface area contributed by atoms with E-state index in [1.54, 1.807) is 11.1 Å². The summed E-state index contributed by atoms with van der Waals surface area (Å²) in [6, 6.07) is 0. The van der Waals surface area contributed by atoms with Crippen molar-refractivity contribution in [2.45, 2.75) is 78.4 Å². The lowest BCUT2D eigenvalue weighted by Crippen LogP contribution is -2.39. The quantitative estimate of drug-likeness (QED) is 0.445. The molecule has 1 saturated heterocycles. The summed E-state index contributed by atoms with van der Waals surface area (Å²) in [6.45, 7) is 14.3. The van der Waals surface area contributed by atoms with Gasteiger partial charge in [-0.05, 0) is 37.5 Å². The van der Waals surface area contributed by atoms with E-state index < -0.39 is 0 Å². The Labute approximate surface area is 106 Å². The lowest BCUT2D eigenvalue weighted by molar-refractivity contribution is 0.227. The first-order valence-electron chi connectivity index (χ1n) is 7.03. The van der Waals surface area contributed by atoms with Crippen molar-refractivity contribution < 1.29 is 4.74 Å². The Kier molecular flexibility index (Phi) is 1.95. The van der Waals surface area contributed by atoms with Gasteiger partial charge in [0.2, 0.25) is 0 Å². The molecule has 3 rings (SSSR count). The van der Waals surface area contributed by atoms with E-state index in [9.17, 15) is 0 Å². The molecule has 3 aliphatic rings. The minimum atomic E-state index is 0.135. The molecule has 0 aromatic rings. The van der Waals surface area contributed by atoms with Crippen LogP contribution in [0.4, 0.5) is 0 Å². The third kappa shape index (κ3) is 1.41. The van der Waals surface area contributed by atoms with E-state index in [4.69, 9.17) is 4.74 Å². The second-order valence-electron chi connectivity index (χ2n) is 8.14. The van der Waals surface area contributed by atoms with Gasteiger partial charge in [-0.3, -0.25) is 0 Å². The smallest absolute Gasteiger partial charge is 0.0989 e. The van der Waals surface area contributed by atoms with Crippen LogP contribution in [0.15, 0.2) is 11.1 Å². The number of rotatable bonds is 0. The Morgan fingerprint density at radius 3 is 1.41 bits per heavy atom. The first-order valence-corrected chi connectivity index (χ1v) is 7.03. The van der Waals surface area contributed by atoms with Crippen molar-refractivity contribution in [2.75, 3.05) is 0 Å². The number of epoxide rings is 1. The van der Waals surface area contributed by atoms with E-state index >= 15 is 0 Å². The molecule has 0 amide bonds. The van der Waals surface area contributed by atoms with Crippen LogP contribution < -0.4 is 0 Å². The van der Waals surface area contributed by atoms with Gasteiger partial charge in [-0.1, -0.05) is 38.8 Å². The zero-order valence-electron chi connectivity index (χ0n) is 12.2. The summed E-state index contributed by atoms with van der Waals surface area (Å²) in [5.41, 5.74) is 4.48. The van der Waals surface area contributed by atoms with Crippen LogP contribution >= 0.6 is 0 Å². The van der Waals surface area contributed by atoms with Gasteiger partial charge >= 0.3 is 0 Å². The van der Waals surface area contributed by atoms with Crippen LogP contribution in [0.1, 0.15) is 67.2 Å². The van der Waals surface area contributed by atoms with E-state index in [0.29, 0.717) is 10.8 Å². The first-order chi connectivity index (χ1) is 7.60. The molecule has 0 bridgehead atoms. The molecule has 1 nitrogen and oxygen atoms in total. The normalized spacial score (nSPS) is 46.2. The Morgan fingerprint density at radius 2 is 1.06 bits per heavy atom. The topological polar surface area (TPSA) is 12.5 Å². The predicted octanol–water partition coefficient (Wildman–Crippen LogP) is 4.47. The molecule has 1 heterocycles. The number of ether oxygens (including phenoxy) is 1. The fourth-order valence-electron chi connectivity index (χ4n) is 4.03. The Bertz CT molecular complexity index is 377. The summed E-state index contributed by atoms with van der Waals surface area (Å²) in [5.74, 6) is 0. The van der Waals surface area contributed by atoms with Gasteiger partial charge in [-0.25, -0.2) is 0 Å². The van der Waals surface area contributed by atoms with Crippen molar-refractivity contribution in [3.05, 3.63) is 11.1 Å². The van der Waals surface area contributed by atoms with E-state index in [1.165, 1.54) is 12.8 Å². The zero-order chi connectivity index (χ0) is 12.7. The van der Waals surface area contributed by atoms with Crippen LogP contribution in [0.2, 0.25) is 0 Å². The predicted molar refractivity (Wildman–Crippen MR) is 71.0 cm³/mol. The lowest BCUT2D eigenvalue weighted by atomic mass is 9.57. The molecule has 0 aromatic heterocycles. The van der Waals surface area contributed by atoms with Crippen LogP contribution in [0.25, 0.3) is 0 Å². The van der Waals surface area contributed by atoms with Crippen molar-refractivity contribution in [1.29, 1.82) is 0 Å². The molecule has 96 valence electrons. The molecule has 0 N–H and O–H groups in total. The molecular formula is C16H26O. The van der Waals surface area contributed by atoms with Gasteiger partial charge < -0.3 is 4.74 Å². The summed E-state index contributed by atoms with van der Waals surface area (Å²) in [4.78, 5) is 0. The molecule has 2 atom stereocenters. The molecule has 1 heteroatoms. The third-order valence-corrected chi connectivity index (χ3v) is 5.93. The average Bonchev–Trinajstić information content (AvgIpc) is 2.74. The second kappa shape index (κ2) is 2.82. The summed E-state index contributed by atoms with van der Waals surface area (Å²) in [7, 11) is 0. The van der Waals surface area contributed by atoms with E-state index in [1.807, 2.05) is 0 Å². The van der Waals surface area contributed by atoms with Gasteiger partial charge in [-0.15, -0.1) is 0 Å². The molecule has 2 aliphatic carbocycles. The number of fused-ring (bicyclic) bond motifs is 1. The molecule has 1 fully saturated rings. The molecule has 0 spiro atoms. The second-order valence-corrected chi connectivity index (χ2v) is 8.14. The van der Waals surface area contributed by atoms with Crippen LogP contribution in [0.3, 0.4) is 0 Å². The van der Waals surface area contributed by atoms with Crippen LogP contribution in [-0.4, -0.2) is 11.2 Å². The van der Waals surface area contributed by atoms with Crippen molar-refractivity contribution in [3.63, 3.8) is 0 Å². The monoisotopic (exact) mass is 234 g/mol. The maximum atomic E-state index is 6.09. The average molecular weight is 234 g/mol. The van der Waals surface area contributed by atoms with E-state index in [0.717, 1.165) is 12.8 Å². The van der Waals surface area contributed by atoms with Crippen LogP contribution in [-0.2, 0) is 4.74 Å². The number of hydrogen-bond donors (Lipinski definition) is 0. The van der Waals surface area contributed by atoms with Gasteiger partial charge in [0.25, 0.3) is 0 Å². The fourth-order valence-corrected chi connectivity index (χ4v) is 4.03. The van der Waals surface area contributed by atoms with Crippen molar-refractivity contribution in [1.82, 2.24) is 0 Å². The van der Waals surface area contributed by atoms with Gasteiger partial charge in [0.05, 0.1) is 11.2 Å². The molecule has 17 heavy (non-hydrogen) atoms.